The third-order valence-electron chi connectivity index (χ3n) is 5.73. The van der Waals surface area contributed by atoms with Crippen LogP contribution >= 0.6 is 0 Å². The van der Waals surface area contributed by atoms with E-state index in [9.17, 15) is 4.79 Å². The number of aromatic nitrogens is 7. The van der Waals surface area contributed by atoms with Crippen LogP contribution in [0.15, 0.2) is 78.4 Å². The van der Waals surface area contributed by atoms with E-state index in [1.54, 1.807) is 33.3 Å². The predicted molar refractivity (Wildman–Crippen MR) is 121 cm³/mol. The summed E-state index contributed by atoms with van der Waals surface area (Å²) in [6.07, 6.45) is 8.21. The van der Waals surface area contributed by atoms with Gasteiger partial charge in [-0.05, 0) is 35.9 Å². The molecule has 0 bridgehead atoms. The van der Waals surface area contributed by atoms with E-state index in [1.165, 1.54) is 12.5 Å². The van der Waals surface area contributed by atoms with Crippen LogP contribution in [-0.4, -0.2) is 33.7 Å². The highest BCUT2D eigenvalue weighted by Crippen LogP contribution is 2.32. The SMILES string of the molecule is Cn1cnc(-n2nc3c4c(F)ccc(F)c4n(Cc4ccc(-n5cccn5)cc4)cc-3c2=O)c1. The summed E-state index contributed by atoms with van der Waals surface area (Å²) in [6.45, 7) is 0.223. The Morgan fingerprint density at radius 3 is 2.50 bits per heavy atom. The van der Waals surface area contributed by atoms with Crippen LogP contribution in [0.5, 0.6) is 0 Å². The first-order valence-electron chi connectivity index (χ1n) is 10.5. The molecule has 34 heavy (non-hydrogen) atoms. The highest BCUT2D eigenvalue weighted by molar-refractivity contribution is 5.94. The molecular weight excluding hydrogens is 440 g/mol. The lowest BCUT2D eigenvalue weighted by Crippen LogP contribution is -2.15. The molecule has 10 heteroatoms. The highest BCUT2D eigenvalue weighted by Gasteiger charge is 2.25. The molecule has 6 rings (SSSR count). The Bertz CT molecular complexity index is 1680. The summed E-state index contributed by atoms with van der Waals surface area (Å²) in [5, 5.41) is 8.47. The van der Waals surface area contributed by atoms with Crippen molar-refractivity contribution in [3.05, 3.63) is 101 Å². The van der Waals surface area contributed by atoms with Gasteiger partial charge in [-0.2, -0.15) is 14.9 Å². The molecule has 0 fully saturated rings. The van der Waals surface area contributed by atoms with Gasteiger partial charge in [0.1, 0.15) is 17.3 Å². The first kappa shape index (κ1) is 20.0. The molecule has 4 heterocycles. The molecule has 0 saturated carbocycles. The van der Waals surface area contributed by atoms with E-state index in [0.717, 1.165) is 28.1 Å². The summed E-state index contributed by atoms with van der Waals surface area (Å²) in [5.74, 6) is -0.962. The van der Waals surface area contributed by atoms with E-state index >= 15 is 8.78 Å². The van der Waals surface area contributed by atoms with Crippen LogP contribution in [0, 0.1) is 11.6 Å². The zero-order chi connectivity index (χ0) is 23.4. The van der Waals surface area contributed by atoms with Crippen LogP contribution in [0.3, 0.4) is 0 Å². The van der Waals surface area contributed by atoms with Crippen LogP contribution in [-0.2, 0) is 13.6 Å². The van der Waals surface area contributed by atoms with Crippen LogP contribution in [0.25, 0.3) is 33.7 Å². The molecule has 168 valence electrons. The second kappa shape index (κ2) is 7.48. The summed E-state index contributed by atoms with van der Waals surface area (Å²) in [4.78, 5) is 17.3. The minimum absolute atomic E-state index is 0.0364. The van der Waals surface area contributed by atoms with Crippen molar-refractivity contribution in [3.63, 3.8) is 0 Å². The number of halogens is 2. The minimum atomic E-state index is -0.657. The van der Waals surface area contributed by atoms with Crippen LogP contribution < -0.4 is 5.56 Å². The van der Waals surface area contributed by atoms with Gasteiger partial charge in [0, 0.05) is 38.4 Å². The van der Waals surface area contributed by atoms with Crippen molar-refractivity contribution in [1.29, 1.82) is 0 Å². The topological polar surface area (TPSA) is 75.5 Å². The minimum Gasteiger partial charge on any atom is -0.340 e. The van der Waals surface area contributed by atoms with E-state index in [4.69, 9.17) is 0 Å². The maximum atomic E-state index is 15.0. The summed E-state index contributed by atoms with van der Waals surface area (Å²) in [6, 6.07) is 11.5. The first-order valence-corrected chi connectivity index (χ1v) is 10.5. The lowest BCUT2D eigenvalue weighted by molar-refractivity contribution is 0.607. The van der Waals surface area contributed by atoms with Crippen molar-refractivity contribution in [3.8, 4) is 22.8 Å². The summed E-state index contributed by atoms with van der Waals surface area (Å²) < 4.78 is 36.1. The molecule has 8 nitrogen and oxygen atoms in total. The number of fused-ring (bicyclic) bond motifs is 3. The van der Waals surface area contributed by atoms with Crippen LogP contribution in [0.1, 0.15) is 5.56 Å². The lowest BCUT2D eigenvalue weighted by atomic mass is 10.1. The number of hydrogen-bond donors (Lipinski definition) is 0. The maximum Gasteiger partial charge on any atom is 0.283 e. The van der Waals surface area contributed by atoms with Gasteiger partial charge in [0.15, 0.2) is 5.82 Å². The van der Waals surface area contributed by atoms with Crippen molar-refractivity contribution < 1.29 is 8.78 Å². The fraction of sp³-hybridized carbons (Fsp3) is 0.0833. The number of aryl methyl sites for hydroxylation is 1. The van der Waals surface area contributed by atoms with Crippen molar-refractivity contribution in [1.82, 2.24) is 33.7 Å². The first-order chi connectivity index (χ1) is 16.5. The Morgan fingerprint density at radius 1 is 1.00 bits per heavy atom. The number of rotatable bonds is 4. The number of nitrogens with zero attached hydrogens (tertiary/aromatic N) is 7. The van der Waals surface area contributed by atoms with E-state index in [0.29, 0.717) is 5.82 Å². The maximum absolute atomic E-state index is 15.0. The largest absolute Gasteiger partial charge is 0.340 e. The number of benzene rings is 2. The molecule has 2 aliphatic heterocycles. The second-order valence-electron chi connectivity index (χ2n) is 8.00. The lowest BCUT2D eigenvalue weighted by Gasteiger charge is -2.15. The molecule has 2 aliphatic rings. The van der Waals surface area contributed by atoms with Gasteiger partial charge in [0.05, 0.1) is 28.5 Å². The average Bonchev–Trinajstić information content (AvgIpc) is 3.58. The van der Waals surface area contributed by atoms with Crippen LogP contribution in [0.4, 0.5) is 8.78 Å². The fourth-order valence-corrected chi connectivity index (χ4v) is 4.14. The Balaban J connectivity index is 1.53. The molecule has 0 amide bonds. The molecule has 0 atom stereocenters. The predicted octanol–water partition coefficient (Wildman–Crippen LogP) is 3.54. The summed E-state index contributed by atoms with van der Waals surface area (Å²) >= 11 is 0. The van der Waals surface area contributed by atoms with Gasteiger partial charge < -0.3 is 9.13 Å². The zero-order valence-electron chi connectivity index (χ0n) is 17.9. The molecule has 4 aromatic rings. The van der Waals surface area contributed by atoms with Crippen molar-refractivity contribution in [2.24, 2.45) is 7.05 Å². The monoisotopic (exact) mass is 457 g/mol. The highest BCUT2D eigenvalue weighted by atomic mass is 19.1. The molecular formula is C24H17F2N7O. The molecule has 0 spiro atoms. The molecule has 0 aliphatic carbocycles. The number of hydrogen-bond acceptors (Lipinski definition) is 4. The molecule has 0 radical (unpaired) electrons. The average molecular weight is 457 g/mol. The van der Waals surface area contributed by atoms with Crippen molar-refractivity contribution in [2.45, 2.75) is 6.54 Å². The second-order valence-corrected chi connectivity index (χ2v) is 8.00. The Morgan fingerprint density at radius 2 is 1.79 bits per heavy atom. The third-order valence-corrected chi connectivity index (χ3v) is 5.73. The molecule has 0 saturated heterocycles. The van der Waals surface area contributed by atoms with E-state index in [1.807, 2.05) is 36.5 Å². The van der Waals surface area contributed by atoms with Crippen LogP contribution in [0.2, 0.25) is 0 Å². The normalized spacial score (nSPS) is 11.6. The number of imidazole rings is 1. The molecule has 0 N–H and O–H groups in total. The smallest absolute Gasteiger partial charge is 0.283 e. The Kier molecular flexibility index (Phi) is 4.41. The quantitative estimate of drug-likeness (QED) is 0.406. The molecule has 2 aromatic carbocycles. The van der Waals surface area contributed by atoms with E-state index in [2.05, 4.69) is 15.2 Å². The van der Waals surface area contributed by atoms with Gasteiger partial charge >= 0.3 is 0 Å². The van der Waals surface area contributed by atoms with Gasteiger partial charge in [0.25, 0.3) is 5.56 Å². The van der Waals surface area contributed by atoms with Gasteiger partial charge in [-0.15, -0.1) is 0 Å². The van der Waals surface area contributed by atoms with Crippen molar-refractivity contribution >= 4 is 10.9 Å². The summed E-state index contributed by atoms with van der Waals surface area (Å²) in [5.41, 5.74) is 1.56. The van der Waals surface area contributed by atoms with Gasteiger partial charge in [0.2, 0.25) is 0 Å². The third kappa shape index (κ3) is 3.11. The zero-order valence-corrected chi connectivity index (χ0v) is 17.9. The number of pyridine rings is 1. The molecule has 2 aromatic heterocycles. The van der Waals surface area contributed by atoms with Crippen molar-refractivity contribution in [2.75, 3.05) is 0 Å². The standard InChI is InChI=1S/C24H17F2N7O/c1-30-13-20(27-14-30)33-24(34)17-12-31(23-19(26)8-7-18(25)21(23)22(17)29-33)11-15-3-5-16(6-4-15)32-10-2-9-28-32/h2-10,12-14H,11H2,1H3. The summed E-state index contributed by atoms with van der Waals surface area (Å²) in [7, 11) is 1.76. The van der Waals surface area contributed by atoms with Gasteiger partial charge in [-0.3, -0.25) is 4.79 Å². The Labute approximate surface area is 191 Å². The van der Waals surface area contributed by atoms with Gasteiger partial charge in [-0.25, -0.2) is 18.4 Å². The van der Waals surface area contributed by atoms with E-state index in [-0.39, 0.29) is 28.7 Å². The van der Waals surface area contributed by atoms with E-state index < -0.39 is 17.2 Å². The Hall–Kier alpha value is -4.60. The van der Waals surface area contributed by atoms with Gasteiger partial charge in [-0.1, -0.05) is 12.1 Å². The molecule has 0 unspecified atom stereocenters. The fourth-order valence-electron chi connectivity index (χ4n) is 4.14.